The molecule has 0 unspecified atom stereocenters. The zero-order valence-corrected chi connectivity index (χ0v) is 22.7. The predicted molar refractivity (Wildman–Crippen MR) is 135 cm³/mol. The Hall–Kier alpha value is -2.47. The van der Waals surface area contributed by atoms with Crippen molar-refractivity contribution < 1.29 is 30.6 Å². The lowest BCUT2D eigenvalue weighted by atomic mass is 10.1. The lowest BCUT2D eigenvalue weighted by Gasteiger charge is -2.26. The molecule has 0 spiro atoms. The van der Waals surface area contributed by atoms with Gasteiger partial charge in [-0.2, -0.15) is 8.42 Å². The van der Waals surface area contributed by atoms with E-state index >= 15 is 0 Å². The van der Waals surface area contributed by atoms with Gasteiger partial charge in [-0.3, -0.25) is 4.79 Å². The first kappa shape index (κ1) is 28.1. The molecule has 1 amide bonds. The smallest absolute Gasteiger partial charge is 0.340 e. The molecule has 2 aromatic rings. The van der Waals surface area contributed by atoms with Crippen LogP contribution in [-0.4, -0.2) is 65.3 Å². The predicted octanol–water partition coefficient (Wildman–Crippen LogP) is 3.26. The lowest BCUT2D eigenvalue weighted by Crippen LogP contribution is -2.37. The molecule has 3 rings (SSSR count). The van der Waals surface area contributed by atoms with Gasteiger partial charge in [0.15, 0.2) is 0 Å². The van der Waals surface area contributed by atoms with Crippen LogP contribution in [0.2, 0.25) is 0 Å². The quantitative estimate of drug-likeness (QED) is 0.404. The number of ether oxygens (including phenoxy) is 1. The normalized spacial score (nSPS) is 16.4. The fourth-order valence-corrected chi connectivity index (χ4v) is 6.48. The summed E-state index contributed by atoms with van der Waals surface area (Å²) in [6, 6.07) is 11.7. The average molecular weight is 539 g/mol. The van der Waals surface area contributed by atoms with Crippen LogP contribution in [0.3, 0.4) is 0 Å². The first-order valence-corrected chi connectivity index (χ1v) is 14.7. The molecule has 1 aliphatic heterocycles. The van der Waals surface area contributed by atoms with Gasteiger partial charge in [-0.15, -0.1) is 0 Å². The topological polar surface area (TPSA) is 110 Å². The molecule has 198 valence electrons. The third kappa shape index (κ3) is 7.06. The van der Waals surface area contributed by atoms with Gasteiger partial charge in [0.2, 0.25) is 15.9 Å². The largest absolute Gasteiger partial charge is 0.379 e. The highest BCUT2D eigenvalue weighted by atomic mass is 32.2. The molecule has 1 aliphatic rings. The Bertz CT molecular complexity index is 1250. The summed E-state index contributed by atoms with van der Waals surface area (Å²) in [5, 5.41) is 0. The average Bonchev–Trinajstić information content (AvgIpc) is 3.32. The molecule has 1 atom stereocenters. The van der Waals surface area contributed by atoms with E-state index in [1.165, 1.54) is 50.5 Å². The van der Waals surface area contributed by atoms with Crippen LogP contribution in [-0.2, 0) is 36.2 Å². The summed E-state index contributed by atoms with van der Waals surface area (Å²) >= 11 is 0. The number of amides is 1. The standard InChI is InChI=1S/C25H34N2O7S2/c1-19(2)16-25(28)27(18-22-8-7-15-33-22)17-20-11-13-21(14-12-20)34-36(31,32)24-10-6-5-9-23(24)35(29,30)26(3)4/h5-6,9-14,19,22H,7-8,15-18H2,1-4H3/t22-/m0/s1. The number of benzene rings is 2. The molecule has 1 heterocycles. The number of nitrogens with zero attached hydrogens (tertiary/aromatic N) is 2. The van der Waals surface area contributed by atoms with E-state index in [-0.39, 0.29) is 28.6 Å². The van der Waals surface area contributed by atoms with E-state index < -0.39 is 25.0 Å². The van der Waals surface area contributed by atoms with Gasteiger partial charge in [0.05, 0.1) is 6.10 Å². The second-order valence-electron chi connectivity index (χ2n) is 9.42. The minimum Gasteiger partial charge on any atom is -0.379 e. The minimum atomic E-state index is -4.43. The van der Waals surface area contributed by atoms with Crippen molar-refractivity contribution in [1.29, 1.82) is 0 Å². The minimum absolute atomic E-state index is 0.0207. The molecule has 9 nitrogen and oxygen atoms in total. The highest BCUT2D eigenvalue weighted by molar-refractivity contribution is 7.91. The first-order valence-electron chi connectivity index (χ1n) is 11.8. The number of carbonyl (C=O) groups excluding carboxylic acids is 1. The van der Waals surface area contributed by atoms with Crippen LogP contribution in [0.4, 0.5) is 0 Å². The molecule has 1 fully saturated rings. The second-order valence-corrected chi connectivity index (χ2v) is 13.1. The van der Waals surface area contributed by atoms with Crippen molar-refractivity contribution in [1.82, 2.24) is 9.21 Å². The van der Waals surface area contributed by atoms with Gasteiger partial charge in [0.25, 0.3) is 0 Å². The molecule has 0 bridgehead atoms. The molecule has 36 heavy (non-hydrogen) atoms. The third-order valence-electron chi connectivity index (χ3n) is 5.76. The van der Waals surface area contributed by atoms with Gasteiger partial charge in [0, 0.05) is 40.2 Å². The van der Waals surface area contributed by atoms with Crippen LogP contribution in [0.25, 0.3) is 0 Å². The molecular formula is C25H34N2O7S2. The van der Waals surface area contributed by atoms with E-state index in [1.54, 1.807) is 17.0 Å². The maximum atomic E-state index is 13.0. The molecule has 11 heteroatoms. The molecule has 2 aromatic carbocycles. The molecule has 0 aromatic heterocycles. The Kier molecular flexibility index (Phi) is 9.15. The van der Waals surface area contributed by atoms with E-state index in [0.29, 0.717) is 26.1 Å². The molecule has 1 saturated heterocycles. The van der Waals surface area contributed by atoms with Crippen LogP contribution < -0.4 is 4.18 Å². The summed E-state index contributed by atoms with van der Waals surface area (Å²) in [6.45, 7) is 5.57. The fourth-order valence-electron chi connectivity index (χ4n) is 3.88. The Morgan fingerprint density at radius 1 is 1.03 bits per heavy atom. The maximum Gasteiger partial charge on any atom is 0.340 e. The van der Waals surface area contributed by atoms with Gasteiger partial charge in [0.1, 0.15) is 15.5 Å². The maximum absolute atomic E-state index is 13.0. The zero-order valence-electron chi connectivity index (χ0n) is 21.1. The molecule has 0 aliphatic carbocycles. The summed E-state index contributed by atoms with van der Waals surface area (Å²) in [4.78, 5) is 13.8. The van der Waals surface area contributed by atoms with Crippen molar-refractivity contribution in [3.05, 3.63) is 54.1 Å². The summed E-state index contributed by atoms with van der Waals surface area (Å²) in [7, 11) is -5.78. The van der Waals surface area contributed by atoms with Gasteiger partial charge in [-0.25, -0.2) is 12.7 Å². The third-order valence-corrected chi connectivity index (χ3v) is 9.07. The van der Waals surface area contributed by atoms with E-state index in [2.05, 4.69) is 0 Å². The summed E-state index contributed by atoms with van der Waals surface area (Å²) in [5.74, 6) is 0.307. The van der Waals surface area contributed by atoms with Gasteiger partial charge >= 0.3 is 10.1 Å². The Morgan fingerprint density at radius 3 is 2.22 bits per heavy atom. The number of carbonyl (C=O) groups is 1. The van der Waals surface area contributed by atoms with Crippen LogP contribution >= 0.6 is 0 Å². The molecular weight excluding hydrogens is 504 g/mol. The van der Waals surface area contributed by atoms with Gasteiger partial charge in [-0.1, -0.05) is 38.1 Å². The first-order chi connectivity index (χ1) is 16.9. The van der Waals surface area contributed by atoms with E-state index in [9.17, 15) is 21.6 Å². The highest BCUT2D eigenvalue weighted by Gasteiger charge is 2.29. The number of sulfonamides is 1. The Balaban J connectivity index is 1.77. The molecule has 0 saturated carbocycles. The van der Waals surface area contributed by atoms with Crippen molar-refractivity contribution in [2.24, 2.45) is 5.92 Å². The monoisotopic (exact) mass is 538 g/mol. The van der Waals surface area contributed by atoms with Gasteiger partial charge < -0.3 is 13.8 Å². The summed E-state index contributed by atoms with van der Waals surface area (Å²) in [5.41, 5.74) is 0.811. The second kappa shape index (κ2) is 11.7. The zero-order chi connectivity index (χ0) is 26.5. The molecule has 0 radical (unpaired) electrons. The van der Waals surface area contributed by atoms with Gasteiger partial charge in [-0.05, 0) is 48.6 Å². The van der Waals surface area contributed by atoms with E-state index in [1.807, 2.05) is 13.8 Å². The fraction of sp³-hybridized carbons (Fsp3) is 0.480. The van der Waals surface area contributed by atoms with E-state index in [0.717, 1.165) is 22.7 Å². The number of hydrogen-bond donors (Lipinski definition) is 0. The number of hydrogen-bond acceptors (Lipinski definition) is 7. The SMILES string of the molecule is CC(C)CC(=O)N(Cc1ccc(OS(=O)(=O)c2ccccc2S(=O)(=O)N(C)C)cc1)C[C@@H]1CCCO1. The molecule has 0 N–H and O–H groups in total. The number of rotatable bonds is 11. The van der Waals surface area contributed by atoms with Crippen molar-refractivity contribution in [3.63, 3.8) is 0 Å². The van der Waals surface area contributed by atoms with Crippen molar-refractivity contribution in [2.75, 3.05) is 27.2 Å². The highest BCUT2D eigenvalue weighted by Crippen LogP contribution is 2.27. The van der Waals surface area contributed by atoms with Crippen molar-refractivity contribution >= 4 is 26.0 Å². The van der Waals surface area contributed by atoms with E-state index in [4.69, 9.17) is 8.92 Å². The summed E-state index contributed by atoms with van der Waals surface area (Å²) < 4.78 is 63.1. The van der Waals surface area contributed by atoms with Crippen LogP contribution in [0, 0.1) is 5.92 Å². The van der Waals surface area contributed by atoms with Crippen molar-refractivity contribution in [2.45, 2.75) is 55.5 Å². The Morgan fingerprint density at radius 2 is 1.67 bits per heavy atom. The van der Waals surface area contributed by atoms with Crippen LogP contribution in [0.15, 0.2) is 58.3 Å². The van der Waals surface area contributed by atoms with Crippen LogP contribution in [0.1, 0.15) is 38.7 Å². The van der Waals surface area contributed by atoms with Crippen LogP contribution in [0.5, 0.6) is 5.75 Å². The Labute approximate surface area is 214 Å². The lowest BCUT2D eigenvalue weighted by molar-refractivity contribution is -0.134. The summed E-state index contributed by atoms with van der Waals surface area (Å²) in [6.07, 6.45) is 2.35. The van der Waals surface area contributed by atoms with Crippen molar-refractivity contribution in [3.8, 4) is 5.75 Å².